The molecule has 2 aliphatic rings. The molecule has 2 N–H and O–H groups in total. The number of nitrogens with zero attached hydrogens (tertiary/aromatic N) is 1. The molecule has 3 atom stereocenters. The third kappa shape index (κ3) is 6.74. The SMILES string of the molecule is CCCCc1ccc(C(=O)N2CCC[C@H](C(=O)N[C@@H]3CCCC[C@H]3NC(=O)c3ccccc3)C2)cc1. The van der Waals surface area contributed by atoms with Crippen LogP contribution in [0.4, 0.5) is 0 Å². The number of amides is 3. The molecule has 4 rings (SSSR count). The van der Waals surface area contributed by atoms with Crippen molar-refractivity contribution in [3.8, 4) is 0 Å². The van der Waals surface area contributed by atoms with E-state index in [-0.39, 0.29) is 35.7 Å². The molecule has 1 aliphatic carbocycles. The number of benzene rings is 2. The summed E-state index contributed by atoms with van der Waals surface area (Å²) in [5.74, 6) is -0.329. The second-order valence-electron chi connectivity index (χ2n) is 10.2. The number of carbonyl (C=O) groups excluding carboxylic acids is 3. The highest BCUT2D eigenvalue weighted by Crippen LogP contribution is 2.23. The van der Waals surface area contributed by atoms with E-state index in [4.69, 9.17) is 0 Å². The van der Waals surface area contributed by atoms with Crippen molar-refractivity contribution in [1.29, 1.82) is 0 Å². The van der Waals surface area contributed by atoms with E-state index in [0.717, 1.165) is 57.8 Å². The Labute approximate surface area is 214 Å². The first-order valence-corrected chi connectivity index (χ1v) is 13.6. The lowest BCUT2D eigenvalue weighted by Crippen LogP contribution is -2.55. The van der Waals surface area contributed by atoms with Crippen LogP contribution in [0.15, 0.2) is 54.6 Å². The molecule has 2 fully saturated rings. The van der Waals surface area contributed by atoms with Crippen molar-refractivity contribution in [3.63, 3.8) is 0 Å². The summed E-state index contributed by atoms with van der Waals surface area (Å²) in [6.07, 6.45) is 8.70. The maximum Gasteiger partial charge on any atom is 0.253 e. The molecular weight excluding hydrogens is 450 g/mol. The molecule has 6 heteroatoms. The summed E-state index contributed by atoms with van der Waals surface area (Å²) in [6.45, 7) is 3.30. The fourth-order valence-electron chi connectivity index (χ4n) is 5.37. The van der Waals surface area contributed by atoms with E-state index < -0.39 is 0 Å². The third-order valence-corrected chi connectivity index (χ3v) is 7.55. The van der Waals surface area contributed by atoms with Crippen molar-refractivity contribution in [3.05, 3.63) is 71.3 Å². The van der Waals surface area contributed by atoms with Gasteiger partial charge in [0.25, 0.3) is 11.8 Å². The predicted octanol–water partition coefficient (Wildman–Crippen LogP) is 4.74. The average molecular weight is 490 g/mol. The number of piperidine rings is 1. The zero-order chi connectivity index (χ0) is 25.3. The van der Waals surface area contributed by atoms with E-state index in [2.05, 4.69) is 17.6 Å². The Morgan fingerprint density at radius 3 is 2.22 bits per heavy atom. The molecule has 0 aromatic heterocycles. The van der Waals surface area contributed by atoms with E-state index in [1.165, 1.54) is 5.56 Å². The number of hydrogen-bond donors (Lipinski definition) is 2. The van der Waals surface area contributed by atoms with Crippen LogP contribution in [0.3, 0.4) is 0 Å². The van der Waals surface area contributed by atoms with Crippen LogP contribution in [0, 0.1) is 5.92 Å². The second-order valence-corrected chi connectivity index (χ2v) is 10.2. The number of unbranched alkanes of at least 4 members (excludes halogenated alkanes) is 1. The average Bonchev–Trinajstić information content (AvgIpc) is 2.93. The van der Waals surface area contributed by atoms with Gasteiger partial charge in [0.1, 0.15) is 0 Å². The summed E-state index contributed by atoms with van der Waals surface area (Å²) in [5.41, 5.74) is 2.57. The molecule has 1 aliphatic heterocycles. The van der Waals surface area contributed by atoms with E-state index >= 15 is 0 Å². The van der Waals surface area contributed by atoms with Crippen LogP contribution in [0.25, 0.3) is 0 Å². The monoisotopic (exact) mass is 489 g/mol. The summed E-state index contributed by atoms with van der Waals surface area (Å²) in [4.78, 5) is 40.9. The minimum atomic E-state index is -0.223. The van der Waals surface area contributed by atoms with Crippen molar-refractivity contribution in [2.24, 2.45) is 5.92 Å². The highest BCUT2D eigenvalue weighted by molar-refractivity contribution is 5.95. The molecule has 0 bridgehead atoms. The third-order valence-electron chi connectivity index (χ3n) is 7.55. The first kappa shape index (κ1) is 25.9. The Bertz CT molecular complexity index is 1020. The lowest BCUT2D eigenvalue weighted by atomic mass is 9.88. The smallest absolute Gasteiger partial charge is 0.253 e. The van der Waals surface area contributed by atoms with Crippen molar-refractivity contribution in [2.45, 2.75) is 76.8 Å². The molecule has 6 nitrogen and oxygen atoms in total. The van der Waals surface area contributed by atoms with Crippen molar-refractivity contribution in [1.82, 2.24) is 15.5 Å². The number of nitrogens with one attached hydrogen (secondary N) is 2. The predicted molar refractivity (Wildman–Crippen MR) is 142 cm³/mol. The number of hydrogen-bond acceptors (Lipinski definition) is 3. The van der Waals surface area contributed by atoms with Crippen LogP contribution in [0.2, 0.25) is 0 Å². The molecule has 3 amide bonds. The van der Waals surface area contributed by atoms with E-state index in [0.29, 0.717) is 24.2 Å². The molecule has 0 radical (unpaired) electrons. The maximum absolute atomic E-state index is 13.3. The van der Waals surface area contributed by atoms with Gasteiger partial charge in [-0.05, 0) is 68.4 Å². The Hall–Kier alpha value is -3.15. The molecule has 2 aromatic rings. The number of likely N-dealkylation sites (tertiary alicyclic amines) is 1. The van der Waals surface area contributed by atoms with Crippen molar-refractivity contribution < 1.29 is 14.4 Å². The van der Waals surface area contributed by atoms with Gasteiger partial charge in [0, 0.05) is 36.3 Å². The molecule has 2 aromatic carbocycles. The fourth-order valence-corrected chi connectivity index (χ4v) is 5.37. The van der Waals surface area contributed by atoms with Crippen LogP contribution >= 0.6 is 0 Å². The van der Waals surface area contributed by atoms with Gasteiger partial charge < -0.3 is 15.5 Å². The van der Waals surface area contributed by atoms with Crippen LogP contribution in [-0.4, -0.2) is 47.8 Å². The highest BCUT2D eigenvalue weighted by Gasteiger charge is 2.33. The van der Waals surface area contributed by atoms with Crippen LogP contribution in [-0.2, 0) is 11.2 Å². The molecule has 36 heavy (non-hydrogen) atoms. The van der Waals surface area contributed by atoms with E-state index in [1.54, 1.807) is 12.1 Å². The fraction of sp³-hybridized carbons (Fsp3) is 0.500. The summed E-state index contributed by atoms with van der Waals surface area (Å²) >= 11 is 0. The van der Waals surface area contributed by atoms with Gasteiger partial charge in [-0.2, -0.15) is 0 Å². The van der Waals surface area contributed by atoms with Gasteiger partial charge >= 0.3 is 0 Å². The molecule has 192 valence electrons. The minimum Gasteiger partial charge on any atom is -0.351 e. The number of carbonyl (C=O) groups is 3. The van der Waals surface area contributed by atoms with E-state index in [9.17, 15) is 14.4 Å². The van der Waals surface area contributed by atoms with Gasteiger partial charge in [0.05, 0.1) is 5.92 Å². The first-order chi connectivity index (χ1) is 17.5. The Morgan fingerprint density at radius 2 is 1.53 bits per heavy atom. The Balaban J connectivity index is 1.33. The number of rotatable bonds is 8. The molecule has 0 spiro atoms. The lowest BCUT2D eigenvalue weighted by molar-refractivity contribution is -0.127. The van der Waals surface area contributed by atoms with Crippen LogP contribution in [0.5, 0.6) is 0 Å². The van der Waals surface area contributed by atoms with Gasteiger partial charge in [-0.15, -0.1) is 0 Å². The lowest BCUT2D eigenvalue weighted by Gasteiger charge is -2.36. The maximum atomic E-state index is 13.3. The van der Waals surface area contributed by atoms with Gasteiger partial charge in [0.2, 0.25) is 5.91 Å². The topological polar surface area (TPSA) is 78.5 Å². The summed E-state index contributed by atoms with van der Waals surface area (Å²) < 4.78 is 0. The summed E-state index contributed by atoms with van der Waals surface area (Å²) in [7, 11) is 0. The summed E-state index contributed by atoms with van der Waals surface area (Å²) in [6, 6.07) is 17.0. The molecule has 1 saturated heterocycles. The molecule has 1 heterocycles. The van der Waals surface area contributed by atoms with Crippen molar-refractivity contribution >= 4 is 17.7 Å². The normalized spacial score (nSPS) is 22.0. The van der Waals surface area contributed by atoms with Crippen LogP contribution in [0.1, 0.15) is 84.6 Å². The largest absolute Gasteiger partial charge is 0.351 e. The standard InChI is InChI=1S/C30H39N3O3/c1-2-3-10-22-16-18-24(19-17-22)30(36)33-20-9-13-25(21-33)29(35)32-27-15-8-7-14-26(27)31-28(34)23-11-5-4-6-12-23/h4-6,11-12,16-19,25-27H,2-3,7-10,13-15,20-21H2,1H3,(H,31,34)(H,32,35)/t25-,26+,27+/m0/s1. The quantitative estimate of drug-likeness (QED) is 0.562. The minimum absolute atomic E-state index is 0.000193. The Kier molecular flexibility index (Phi) is 9.15. The van der Waals surface area contributed by atoms with Gasteiger partial charge in [-0.1, -0.05) is 56.5 Å². The van der Waals surface area contributed by atoms with Gasteiger partial charge in [-0.25, -0.2) is 0 Å². The van der Waals surface area contributed by atoms with Crippen molar-refractivity contribution in [2.75, 3.05) is 13.1 Å². The zero-order valence-electron chi connectivity index (χ0n) is 21.4. The Morgan fingerprint density at radius 1 is 0.833 bits per heavy atom. The second kappa shape index (κ2) is 12.7. The molecule has 1 saturated carbocycles. The van der Waals surface area contributed by atoms with Gasteiger partial charge in [0.15, 0.2) is 0 Å². The number of aryl methyl sites for hydroxylation is 1. The summed E-state index contributed by atoms with van der Waals surface area (Å²) in [5, 5.41) is 6.37. The molecule has 0 unspecified atom stereocenters. The molecular formula is C30H39N3O3. The van der Waals surface area contributed by atoms with Crippen LogP contribution < -0.4 is 10.6 Å². The zero-order valence-corrected chi connectivity index (χ0v) is 21.4. The highest BCUT2D eigenvalue weighted by atomic mass is 16.2. The van der Waals surface area contributed by atoms with Gasteiger partial charge in [-0.3, -0.25) is 14.4 Å². The van der Waals surface area contributed by atoms with E-state index in [1.807, 2.05) is 47.4 Å². The first-order valence-electron chi connectivity index (χ1n) is 13.6.